The Labute approximate surface area is 156 Å². The summed E-state index contributed by atoms with van der Waals surface area (Å²) >= 11 is 5.35. The lowest BCUT2D eigenvalue weighted by Gasteiger charge is -2.14. The fourth-order valence-corrected chi connectivity index (χ4v) is 2.69. The van der Waals surface area contributed by atoms with Gasteiger partial charge in [-0.15, -0.1) is 0 Å². The molecule has 2 aromatic heterocycles. The second kappa shape index (κ2) is 8.30. The molecule has 0 spiro atoms. The van der Waals surface area contributed by atoms with Gasteiger partial charge in [-0.05, 0) is 41.5 Å². The van der Waals surface area contributed by atoms with Crippen LogP contribution in [0.5, 0.6) is 0 Å². The molecule has 0 aliphatic carbocycles. The van der Waals surface area contributed by atoms with Crippen LogP contribution in [0.2, 0.25) is 0 Å². The number of aromatic nitrogens is 2. The Morgan fingerprint density at radius 1 is 1.15 bits per heavy atom. The van der Waals surface area contributed by atoms with Gasteiger partial charge in [0.25, 0.3) is 0 Å². The number of ether oxygens (including phenoxy) is 1. The number of nitrogens with zero attached hydrogens (tertiary/aromatic N) is 1. The summed E-state index contributed by atoms with van der Waals surface area (Å²) in [6.45, 7) is 1.06. The van der Waals surface area contributed by atoms with Gasteiger partial charge >= 0.3 is 6.09 Å². The first-order chi connectivity index (χ1) is 12.7. The molecule has 3 aromatic rings. The summed E-state index contributed by atoms with van der Waals surface area (Å²) in [5, 5.41) is 10.6. The number of aromatic amines is 1. The minimum atomic E-state index is -0.508. The number of anilines is 1. The lowest BCUT2D eigenvalue weighted by Crippen LogP contribution is -2.34. The predicted octanol–water partition coefficient (Wildman–Crippen LogP) is 2.91. The van der Waals surface area contributed by atoms with Crippen LogP contribution in [0.3, 0.4) is 0 Å². The van der Waals surface area contributed by atoms with Crippen molar-refractivity contribution in [1.29, 1.82) is 0 Å². The van der Waals surface area contributed by atoms with Crippen molar-refractivity contribution in [3.63, 3.8) is 0 Å². The first kappa shape index (κ1) is 17.7. The number of H-pyrrole nitrogens is 1. The van der Waals surface area contributed by atoms with Crippen molar-refractivity contribution in [3.05, 3.63) is 59.9 Å². The molecule has 3 rings (SSSR count). The van der Waals surface area contributed by atoms with E-state index in [1.54, 1.807) is 6.20 Å². The summed E-state index contributed by atoms with van der Waals surface area (Å²) in [6.07, 6.45) is 3.12. The molecule has 0 saturated carbocycles. The first-order valence-corrected chi connectivity index (χ1v) is 8.43. The molecule has 4 N–H and O–H groups in total. The van der Waals surface area contributed by atoms with Crippen LogP contribution in [0.25, 0.3) is 11.0 Å². The minimum Gasteiger partial charge on any atom is -0.453 e. The maximum Gasteiger partial charge on any atom is 0.411 e. The van der Waals surface area contributed by atoms with Crippen molar-refractivity contribution in [2.75, 3.05) is 12.4 Å². The lowest BCUT2D eigenvalue weighted by molar-refractivity contribution is 0.187. The zero-order valence-electron chi connectivity index (χ0n) is 14.2. The number of carbonyl (C=O) groups excluding carboxylic acids is 1. The van der Waals surface area contributed by atoms with Gasteiger partial charge in [-0.2, -0.15) is 0 Å². The summed E-state index contributed by atoms with van der Waals surface area (Å²) < 4.78 is 4.63. The zero-order chi connectivity index (χ0) is 18.4. The molecule has 0 atom stereocenters. The standard InChI is InChI=1S/C18H19N5O2S/c1-25-18(24)23-15-5-3-2-4-13(15)11-22-17(26)21-10-12-6-8-19-16-14(12)7-9-20-16/h2-9H,10-11H2,1H3,(H,19,20)(H,23,24)(H2,21,22,26). The number of carbonyl (C=O) groups is 1. The number of fused-ring (bicyclic) bond motifs is 1. The predicted molar refractivity (Wildman–Crippen MR) is 105 cm³/mol. The van der Waals surface area contributed by atoms with Crippen LogP contribution in [0.1, 0.15) is 11.1 Å². The van der Waals surface area contributed by atoms with E-state index in [9.17, 15) is 4.79 Å². The quantitative estimate of drug-likeness (QED) is 0.517. The molecule has 0 unspecified atom stereocenters. The Balaban J connectivity index is 1.56. The average molecular weight is 369 g/mol. The number of methoxy groups -OCH3 is 1. The van der Waals surface area contributed by atoms with Gasteiger partial charge in [0, 0.05) is 36.6 Å². The Bertz CT molecular complexity index is 925. The van der Waals surface area contributed by atoms with E-state index in [1.165, 1.54) is 7.11 Å². The second-order valence-corrected chi connectivity index (χ2v) is 5.93. The smallest absolute Gasteiger partial charge is 0.411 e. The van der Waals surface area contributed by atoms with Gasteiger partial charge in [0.2, 0.25) is 0 Å². The molecule has 2 heterocycles. The second-order valence-electron chi connectivity index (χ2n) is 5.52. The number of rotatable bonds is 5. The van der Waals surface area contributed by atoms with Gasteiger partial charge in [-0.3, -0.25) is 5.32 Å². The zero-order valence-corrected chi connectivity index (χ0v) is 15.0. The number of hydrogen-bond donors (Lipinski definition) is 4. The number of thiocarbonyl (C=S) groups is 1. The number of hydrogen-bond acceptors (Lipinski definition) is 4. The van der Waals surface area contributed by atoms with E-state index in [4.69, 9.17) is 12.2 Å². The average Bonchev–Trinajstić information content (AvgIpc) is 3.15. The molecule has 8 heteroatoms. The number of nitrogens with one attached hydrogen (secondary N) is 4. The Morgan fingerprint density at radius 2 is 1.92 bits per heavy atom. The highest BCUT2D eigenvalue weighted by Crippen LogP contribution is 2.16. The summed E-state index contributed by atoms with van der Waals surface area (Å²) in [5.74, 6) is 0. The highest BCUT2D eigenvalue weighted by Gasteiger charge is 2.07. The molecule has 0 aliphatic rings. The molecule has 0 bridgehead atoms. The van der Waals surface area contributed by atoms with Crippen LogP contribution in [0.4, 0.5) is 10.5 Å². The van der Waals surface area contributed by atoms with E-state index in [-0.39, 0.29) is 0 Å². The normalized spacial score (nSPS) is 10.3. The summed E-state index contributed by atoms with van der Waals surface area (Å²) in [7, 11) is 1.33. The third-order valence-electron chi connectivity index (χ3n) is 3.87. The van der Waals surface area contributed by atoms with E-state index >= 15 is 0 Å². The van der Waals surface area contributed by atoms with Gasteiger partial charge in [0.15, 0.2) is 5.11 Å². The van der Waals surface area contributed by atoms with Gasteiger partial charge in [0.1, 0.15) is 5.65 Å². The SMILES string of the molecule is COC(=O)Nc1ccccc1CNC(=S)NCc1ccnc2[nH]ccc12. The number of benzene rings is 1. The van der Waals surface area contributed by atoms with E-state index in [0.717, 1.165) is 22.2 Å². The van der Waals surface area contributed by atoms with E-state index in [0.29, 0.717) is 23.9 Å². The molecule has 1 aromatic carbocycles. The summed E-state index contributed by atoms with van der Waals surface area (Å²) in [4.78, 5) is 18.8. The van der Waals surface area contributed by atoms with E-state index < -0.39 is 6.09 Å². The van der Waals surface area contributed by atoms with Crippen molar-refractivity contribution < 1.29 is 9.53 Å². The lowest BCUT2D eigenvalue weighted by atomic mass is 10.2. The molecule has 134 valence electrons. The van der Waals surface area contributed by atoms with Crippen molar-refractivity contribution in [1.82, 2.24) is 20.6 Å². The van der Waals surface area contributed by atoms with Gasteiger partial charge < -0.3 is 20.4 Å². The van der Waals surface area contributed by atoms with Gasteiger partial charge in [0.05, 0.1) is 7.11 Å². The maximum absolute atomic E-state index is 11.4. The fourth-order valence-electron chi connectivity index (χ4n) is 2.54. The van der Waals surface area contributed by atoms with Crippen molar-refractivity contribution in [2.24, 2.45) is 0 Å². The minimum absolute atomic E-state index is 0.474. The number of amides is 1. The van der Waals surface area contributed by atoms with Gasteiger partial charge in [-0.25, -0.2) is 9.78 Å². The van der Waals surface area contributed by atoms with Crippen LogP contribution >= 0.6 is 12.2 Å². The molecule has 7 nitrogen and oxygen atoms in total. The Morgan fingerprint density at radius 3 is 2.73 bits per heavy atom. The molecule has 0 aliphatic heterocycles. The maximum atomic E-state index is 11.4. The van der Waals surface area contributed by atoms with Crippen molar-refractivity contribution in [2.45, 2.75) is 13.1 Å². The Kier molecular flexibility index (Phi) is 5.65. The summed E-state index contributed by atoms with van der Waals surface area (Å²) in [5.41, 5.74) is 3.54. The van der Waals surface area contributed by atoms with E-state index in [2.05, 4.69) is 30.7 Å². The highest BCUT2D eigenvalue weighted by atomic mass is 32.1. The monoisotopic (exact) mass is 369 g/mol. The van der Waals surface area contributed by atoms with E-state index in [1.807, 2.05) is 42.6 Å². The number of para-hydroxylation sites is 1. The summed E-state index contributed by atoms with van der Waals surface area (Å²) in [6, 6.07) is 11.4. The molecule has 0 saturated heterocycles. The molecule has 26 heavy (non-hydrogen) atoms. The highest BCUT2D eigenvalue weighted by molar-refractivity contribution is 7.80. The van der Waals surface area contributed by atoms with Crippen LogP contribution in [0.15, 0.2) is 48.8 Å². The molecule has 1 amide bonds. The first-order valence-electron chi connectivity index (χ1n) is 8.03. The fraction of sp³-hybridized carbons (Fsp3) is 0.167. The molecular weight excluding hydrogens is 350 g/mol. The van der Waals surface area contributed by atoms with Crippen LogP contribution in [0, 0.1) is 0 Å². The Hall–Kier alpha value is -3.13. The third kappa shape index (κ3) is 4.28. The third-order valence-corrected chi connectivity index (χ3v) is 4.16. The molecule has 0 radical (unpaired) electrons. The van der Waals surface area contributed by atoms with Crippen molar-refractivity contribution in [3.8, 4) is 0 Å². The molecule has 0 fully saturated rings. The van der Waals surface area contributed by atoms with Crippen LogP contribution in [-0.4, -0.2) is 28.3 Å². The van der Waals surface area contributed by atoms with Crippen LogP contribution in [-0.2, 0) is 17.8 Å². The van der Waals surface area contributed by atoms with Gasteiger partial charge in [-0.1, -0.05) is 18.2 Å². The van der Waals surface area contributed by atoms with Crippen LogP contribution < -0.4 is 16.0 Å². The molecular formula is C18H19N5O2S. The largest absolute Gasteiger partial charge is 0.453 e. The van der Waals surface area contributed by atoms with Crippen molar-refractivity contribution >= 4 is 40.1 Å². The topological polar surface area (TPSA) is 91.1 Å². The number of pyridine rings is 1.